The van der Waals surface area contributed by atoms with Gasteiger partial charge in [0.05, 0.1) is 11.4 Å². The van der Waals surface area contributed by atoms with Gasteiger partial charge in [-0.25, -0.2) is 0 Å². The molecule has 0 spiro atoms. The lowest BCUT2D eigenvalue weighted by atomic mass is 10.1. The normalized spacial score (nSPS) is 20.6. The Labute approximate surface area is 110 Å². The maximum atomic E-state index is 5.98. The first kappa shape index (κ1) is 13.2. The standard InChI is InChI=1S/C15H25N3/c1-11(2)18-7-6-13(10-18)9-17-15-8-12(3)4-5-14(15)16/h4-5,8,11,13,17H,6-7,9-10,16H2,1-3H3. The Bertz CT molecular complexity index is 401. The minimum Gasteiger partial charge on any atom is -0.397 e. The lowest BCUT2D eigenvalue weighted by molar-refractivity contribution is 0.266. The van der Waals surface area contributed by atoms with E-state index in [1.165, 1.54) is 25.1 Å². The topological polar surface area (TPSA) is 41.3 Å². The highest BCUT2D eigenvalue weighted by atomic mass is 15.2. The van der Waals surface area contributed by atoms with Crippen LogP contribution >= 0.6 is 0 Å². The smallest absolute Gasteiger partial charge is 0.0576 e. The van der Waals surface area contributed by atoms with Crippen LogP contribution in [-0.2, 0) is 0 Å². The molecule has 1 unspecified atom stereocenters. The maximum Gasteiger partial charge on any atom is 0.0576 e. The number of anilines is 2. The molecule has 2 rings (SSSR count). The molecule has 1 saturated heterocycles. The van der Waals surface area contributed by atoms with Crippen LogP contribution in [-0.4, -0.2) is 30.6 Å². The van der Waals surface area contributed by atoms with Gasteiger partial charge in [0.1, 0.15) is 0 Å². The van der Waals surface area contributed by atoms with Crippen LogP contribution in [0, 0.1) is 12.8 Å². The van der Waals surface area contributed by atoms with Gasteiger partial charge in [-0.3, -0.25) is 0 Å². The van der Waals surface area contributed by atoms with Crippen molar-refractivity contribution < 1.29 is 0 Å². The quantitative estimate of drug-likeness (QED) is 0.804. The SMILES string of the molecule is Cc1ccc(N)c(NCC2CCN(C(C)C)C2)c1. The molecule has 0 saturated carbocycles. The van der Waals surface area contributed by atoms with E-state index in [1.807, 2.05) is 6.07 Å². The van der Waals surface area contributed by atoms with E-state index in [9.17, 15) is 0 Å². The summed E-state index contributed by atoms with van der Waals surface area (Å²) in [6.07, 6.45) is 1.29. The van der Waals surface area contributed by atoms with E-state index in [4.69, 9.17) is 5.73 Å². The fourth-order valence-corrected chi connectivity index (χ4v) is 2.58. The van der Waals surface area contributed by atoms with Gasteiger partial charge in [-0.15, -0.1) is 0 Å². The molecular formula is C15H25N3. The number of likely N-dealkylation sites (tertiary alicyclic amines) is 1. The van der Waals surface area contributed by atoms with Gasteiger partial charge in [-0.2, -0.15) is 0 Å². The van der Waals surface area contributed by atoms with Crippen molar-refractivity contribution in [1.82, 2.24) is 4.90 Å². The number of benzene rings is 1. The first-order valence-electron chi connectivity index (χ1n) is 6.90. The number of hydrogen-bond acceptors (Lipinski definition) is 3. The Morgan fingerprint density at radius 1 is 1.44 bits per heavy atom. The zero-order valence-electron chi connectivity index (χ0n) is 11.7. The Balaban J connectivity index is 1.87. The van der Waals surface area contributed by atoms with Gasteiger partial charge < -0.3 is 16.0 Å². The molecule has 0 bridgehead atoms. The van der Waals surface area contributed by atoms with Crippen molar-refractivity contribution in [3.05, 3.63) is 23.8 Å². The van der Waals surface area contributed by atoms with Crippen LogP contribution in [0.4, 0.5) is 11.4 Å². The number of rotatable bonds is 4. The first-order chi connectivity index (χ1) is 8.56. The van der Waals surface area contributed by atoms with Crippen molar-refractivity contribution in [1.29, 1.82) is 0 Å². The average Bonchev–Trinajstić information content (AvgIpc) is 2.79. The molecule has 3 nitrogen and oxygen atoms in total. The number of nitrogens with two attached hydrogens (primary N) is 1. The van der Waals surface area contributed by atoms with Gasteiger partial charge in [0, 0.05) is 19.1 Å². The fourth-order valence-electron chi connectivity index (χ4n) is 2.58. The third-order valence-corrected chi connectivity index (χ3v) is 3.84. The third-order valence-electron chi connectivity index (χ3n) is 3.84. The summed E-state index contributed by atoms with van der Waals surface area (Å²) in [5, 5.41) is 3.50. The second-order valence-electron chi connectivity index (χ2n) is 5.71. The average molecular weight is 247 g/mol. The minimum absolute atomic E-state index is 0.666. The van der Waals surface area contributed by atoms with Crippen molar-refractivity contribution in [2.24, 2.45) is 5.92 Å². The van der Waals surface area contributed by atoms with Crippen molar-refractivity contribution in [3.8, 4) is 0 Å². The number of nitrogens with zero attached hydrogens (tertiary/aromatic N) is 1. The second-order valence-corrected chi connectivity index (χ2v) is 5.71. The Morgan fingerprint density at radius 3 is 2.89 bits per heavy atom. The molecule has 1 aliphatic heterocycles. The van der Waals surface area contributed by atoms with E-state index in [0.29, 0.717) is 6.04 Å². The van der Waals surface area contributed by atoms with E-state index in [0.717, 1.165) is 23.8 Å². The van der Waals surface area contributed by atoms with Crippen molar-refractivity contribution in [2.75, 3.05) is 30.7 Å². The summed E-state index contributed by atoms with van der Waals surface area (Å²) < 4.78 is 0. The molecule has 0 amide bonds. The highest BCUT2D eigenvalue weighted by molar-refractivity contribution is 5.66. The molecule has 1 aromatic rings. The molecule has 1 heterocycles. The van der Waals surface area contributed by atoms with Crippen LogP contribution in [0.3, 0.4) is 0 Å². The van der Waals surface area contributed by atoms with Crippen LogP contribution in [0.15, 0.2) is 18.2 Å². The Hall–Kier alpha value is -1.22. The molecule has 3 heteroatoms. The van der Waals surface area contributed by atoms with Gasteiger partial charge in [-0.05, 0) is 57.4 Å². The highest BCUT2D eigenvalue weighted by Crippen LogP contribution is 2.23. The summed E-state index contributed by atoms with van der Waals surface area (Å²) in [6.45, 7) is 10.1. The summed E-state index contributed by atoms with van der Waals surface area (Å²) in [7, 11) is 0. The molecule has 3 N–H and O–H groups in total. The largest absolute Gasteiger partial charge is 0.397 e. The van der Waals surface area contributed by atoms with Crippen molar-refractivity contribution >= 4 is 11.4 Å². The number of nitrogen functional groups attached to an aromatic ring is 1. The molecule has 1 fully saturated rings. The zero-order chi connectivity index (χ0) is 13.1. The Morgan fingerprint density at radius 2 is 2.22 bits per heavy atom. The van der Waals surface area contributed by atoms with Gasteiger partial charge in [0.25, 0.3) is 0 Å². The van der Waals surface area contributed by atoms with Gasteiger partial charge in [0.2, 0.25) is 0 Å². The molecule has 18 heavy (non-hydrogen) atoms. The predicted octanol–water partition coefficient (Wildman–Crippen LogP) is 2.72. The number of hydrogen-bond donors (Lipinski definition) is 2. The minimum atomic E-state index is 0.666. The summed E-state index contributed by atoms with van der Waals surface area (Å²) >= 11 is 0. The van der Waals surface area contributed by atoms with Crippen LogP contribution < -0.4 is 11.1 Å². The summed E-state index contributed by atoms with van der Waals surface area (Å²) in [6, 6.07) is 6.83. The lowest BCUT2D eigenvalue weighted by Gasteiger charge is -2.20. The van der Waals surface area contributed by atoms with E-state index in [-0.39, 0.29) is 0 Å². The third kappa shape index (κ3) is 3.16. The van der Waals surface area contributed by atoms with E-state index in [2.05, 4.69) is 43.1 Å². The van der Waals surface area contributed by atoms with E-state index >= 15 is 0 Å². The summed E-state index contributed by atoms with van der Waals surface area (Å²) in [4.78, 5) is 2.55. The molecule has 100 valence electrons. The Kier molecular flexibility index (Phi) is 4.12. The van der Waals surface area contributed by atoms with Crippen LogP contribution in [0.5, 0.6) is 0 Å². The van der Waals surface area contributed by atoms with Gasteiger partial charge in [0.15, 0.2) is 0 Å². The maximum absolute atomic E-state index is 5.98. The molecule has 0 aromatic heterocycles. The molecule has 0 radical (unpaired) electrons. The molecule has 0 aliphatic carbocycles. The van der Waals surface area contributed by atoms with Crippen LogP contribution in [0.1, 0.15) is 25.8 Å². The van der Waals surface area contributed by atoms with Crippen molar-refractivity contribution in [3.63, 3.8) is 0 Å². The number of aryl methyl sites for hydroxylation is 1. The fraction of sp³-hybridized carbons (Fsp3) is 0.600. The molecule has 1 atom stereocenters. The zero-order valence-corrected chi connectivity index (χ0v) is 11.7. The van der Waals surface area contributed by atoms with Crippen molar-refractivity contribution in [2.45, 2.75) is 33.2 Å². The van der Waals surface area contributed by atoms with E-state index < -0.39 is 0 Å². The molecular weight excluding hydrogens is 222 g/mol. The van der Waals surface area contributed by atoms with Gasteiger partial charge in [-0.1, -0.05) is 6.07 Å². The number of nitrogens with one attached hydrogen (secondary N) is 1. The lowest BCUT2D eigenvalue weighted by Crippen LogP contribution is -2.29. The monoisotopic (exact) mass is 247 g/mol. The van der Waals surface area contributed by atoms with Gasteiger partial charge >= 0.3 is 0 Å². The molecule has 1 aromatic carbocycles. The van der Waals surface area contributed by atoms with E-state index in [1.54, 1.807) is 0 Å². The first-order valence-corrected chi connectivity index (χ1v) is 6.90. The predicted molar refractivity (Wildman–Crippen MR) is 78.9 cm³/mol. The highest BCUT2D eigenvalue weighted by Gasteiger charge is 2.23. The van der Waals surface area contributed by atoms with Crippen LogP contribution in [0.2, 0.25) is 0 Å². The molecule has 1 aliphatic rings. The second kappa shape index (κ2) is 5.61. The summed E-state index contributed by atoms with van der Waals surface area (Å²) in [5.41, 5.74) is 9.16. The summed E-state index contributed by atoms with van der Waals surface area (Å²) in [5.74, 6) is 0.743. The van der Waals surface area contributed by atoms with Crippen LogP contribution in [0.25, 0.3) is 0 Å².